The number of benzene rings is 1. The van der Waals surface area contributed by atoms with Crippen LogP contribution in [-0.2, 0) is 16.2 Å². The molecule has 0 fully saturated rings. The van der Waals surface area contributed by atoms with Crippen LogP contribution >= 0.6 is 0 Å². The Labute approximate surface area is 129 Å². The third kappa shape index (κ3) is 3.85. The van der Waals surface area contributed by atoms with Crippen LogP contribution in [0.4, 0.5) is 13.2 Å². The quantitative estimate of drug-likeness (QED) is 0.876. The van der Waals surface area contributed by atoms with Gasteiger partial charge in [-0.05, 0) is 25.1 Å². The van der Waals surface area contributed by atoms with E-state index in [0.29, 0.717) is 0 Å². The van der Waals surface area contributed by atoms with Crippen LogP contribution in [-0.4, -0.2) is 23.6 Å². The Morgan fingerprint density at radius 3 is 2.65 bits per heavy atom. The van der Waals surface area contributed by atoms with Crippen molar-refractivity contribution >= 4 is 10.0 Å². The van der Waals surface area contributed by atoms with Crippen molar-refractivity contribution in [3.8, 4) is 6.07 Å². The van der Waals surface area contributed by atoms with E-state index in [4.69, 9.17) is 5.26 Å². The second kappa shape index (κ2) is 5.98. The molecule has 0 aliphatic rings. The Hall–Kier alpha value is -2.45. The SMILES string of the molecule is CC(NS(=O)(=O)c1cccc(C#N)c1)c1nc(C(F)(F)F)n[nH]1. The third-order valence-electron chi connectivity index (χ3n) is 2.77. The monoisotopic (exact) mass is 345 g/mol. The number of aromatic amines is 1. The molecule has 23 heavy (non-hydrogen) atoms. The van der Waals surface area contributed by atoms with Gasteiger partial charge in [0.05, 0.1) is 22.6 Å². The van der Waals surface area contributed by atoms with E-state index < -0.39 is 28.1 Å². The fourth-order valence-electron chi connectivity index (χ4n) is 1.68. The normalized spacial score (nSPS) is 13.5. The summed E-state index contributed by atoms with van der Waals surface area (Å²) >= 11 is 0. The number of hydrogen-bond acceptors (Lipinski definition) is 5. The van der Waals surface area contributed by atoms with Crippen molar-refractivity contribution in [3.05, 3.63) is 41.5 Å². The molecule has 0 saturated carbocycles. The largest absolute Gasteiger partial charge is 0.453 e. The molecule has 7 nitrogen and oxygen atoms in total. The maximum atomic E-state index is 12.4. The van der Waals surface area contributed by atoms with Gasteiger partial charge in [-0.15, -0.1) is 5.10 Å². The lowest BCUT2D eigenvalue weighted by atomic mass is 10.2. The summed E-state index contributed by atoms with van der Waals surface area (Å²) in [6, 6.07) is 5.94. The lowest BCUT2D eigenvalue weighted by Gasteiger charge is -2.11. The molecular weight excluding hydrogens is 335 g/mol. The van der Waals surface area contributed by atoms with Crippen LogP contribution in [0.25, 0.3) is 0 Å². The highest BCUT2D eigenvalue weighted by molar-refractivity contribution is 7.89. The summed E-state index contributed by atoms with van der Waals surface area (Å²) in [5.74, 6) is -1.66. The number of aromatic nitrogens is 3. The lowest BCUT2D eigenvalue weighted by Crippen LogP contribution is -2.27. The summed E-state index contributed by atoms with van der Waals surface area (Å²) in [6.07, 6.45) is -4.73. The van der Waals surface area contributed by atoms with E-state index >= 15 is 0 Å². The highest BCUT2D eigenvalue weighted by atomic mass is 32.2. The molecule has 1 atom stereocenters. The average molecular weight is 345 g/mol. The summed E-state index contributed by atoms with van der Waals surface area (Å²) in [6.45, 7) is 1.31. The van der Waals surface area contributed by atoms with Gasteiger partial charge in [-0.2, -0.15) is 18.4 Å². The Morgan fingerprint density at radius 1 is 1.39 bits per heavy atom. The van der Waals surface area contributed by atoms with Crippen LogP contribution < -0.4 is 4.72 Å². The second-order valence-corrected chi connectivity index (χ2v) is 6.24. The van der Waals surface area contributed by atoms with Gasteiger partial charge >= 0.3 is 6.18 Å². The van der Waals surface area contributed by atoms with E-state index in [1.165, 1.54) is 25.1 Å². The molecule has 0 bridgehead atoms. The van der Waals surface area contributed by atoms with Gasteiger partial charge in [-0.3, -0.25) is 5.10 Å². The van der Waals surface area contributed by atoms with Crippen LogP contribution in [0.2, 0.25) is 0 Å². The molecule has 0 radical (unpaired) electrons. The molecule has 2 N–H and O–H groups in total. The van der Waals surface area contributed by atoms with Crippen molar-refractivity contribution in [2.45, 2.75) is 24.0 Å². The lowest BCUT2D eigenvalue weighted by molar-refractivity contribution is -0.144. The van der Waals surface area contributed by atoms with Gasteiger partial charge in [-0.1, -0.05) is 6.07 Å². The van der Waals surface area contributed by atoms with Crippen LogP contribution in [0.15, 0.2) is 29.2 Å². The van der Waals surface area contributed by atoms with Gasteiger partial charge in [0.2, 0.25) is 10.0 Å². The zero-order chi connectivity index (χ0) is 17.3. The number of H-pyrrole nitrogens is 1. The standard InChI is InChI=1S/C12H10F3N5O2S/c1-7(10-17-11(19-18-10)12(13,14)15)20-23(21,22)9-4-2-3-8(5-9)6-16/h2-5,7,20H,1H3,(H,17,18,19). The summed E-state index contributed by atoms with van der Waals surface area (Å²) in [5, 5.41) is 13.8. The number of sulfonamides is 1. The zero-order valence-corrected chi connectivity index (χ0v) is 12.4. The molecular formula is C12H10F3N5O2S. The minimum absolute atomic E-state index is 0.138. The van der Waals surface area contributed by atoms with E-state index in [9.17, 15) is 21.6 Å². The Bertz CT molecular complexity index is 854. The van der Waals surface area contributed by atoms with E-state index in [0.717, 1.165) is 6.07 Å². The minimum Gasteiger partial charge on any atom is -0.261 e. The first-order chi connectivity index (χ1) is 10.6. The number of nitriles is 1. The predicted molar refractivity (Wildman–Crippen MR) is 71.3 cm³/mol. The minimum atomic E-state index is -4.73. The second-order valence-electron chi connectivity index (χ2n) is 4.52. The van der Waals surface area contributed by atoms with Gasteiger partial charge in [0.25, 0.3) is 5.82 Å². The van der Waals surface area contributed by atoms with Crippen molar-refractivity contribution in [3.63, 3.8) is 0 Å². The van der Waals surface area contributed by atoms with Crippen LogP contribution in [0, 0.1) is 11.3 Å². The maximum absolute atomic E-state index is 12.4. The van der Waals surface area contributed by atoms with E-state index in [1.807, 2.05) is 5.10 Å². The van der Waals surface area contributed by atoms with Crippen LogP contribution in [0.5, 0.6) is 0 Å². The highest BCUT2D eigenvalue weighted by Crippen LogP contribution is 2.26. The van der Waals surface area contributed by atoms with Gasteiger partial charge in [0.1, 0.15) is 5.82 Å². The molecule has 0 aliphatic carbocycles. The maximum Gasteiger partial charge on any atom is 0.453 e. The number of nitrogens with one attached hydrogen (secondary N) is 2. The number of hydrogen-bond donors (Lipinski definition) is 2. The number of halogens is 3. The van der Waals surface area contributed by atoms with Gasteiger partial charge in [-0.25, -0.2) is 18.1 Å². The molecule has 122 valence electrons. The molecule has 11 heteroatoms. The molecule has 0 aliphatic heterocycles. The molecule has 0 amide bonds. The molecule has 2 rings (SSSR count). The van der Waals surface area contributed by atoms with Crippen LogP contribution in [0.3, 0.4) is 0 Å². The average Bonchev–Trinajstić information content (AvgIpc) is 2.97. The first-order valence-corrected chi connectivity index (χ1v) is 7.64. The van der Waals surface area contributed by atoms with Crippen LogP contribution in [0.1, 0.15) is 30.2 Å². The first-order valence-electron chi connectivity index (χ1n) is 6.15. The van der Waals surface area contributed by atoms with E-state index in [-0.39, 0.29) is 16.3 Å². The fourth-order valence-corrected chi connectivity index (χ4v) is 2.94. The number of alkyl halides is 3. The highest BCUT2D eigenvalue weighted by Gasteiger charge is 2.36. The van der Waals surface area contributed by atoms with Crippen molar-refractivity contribution in [1.29, 1.82) is 5.26 Å². The first kappa shape index (κ1) is 16.9. The molecule has 1 unspecified atom stereocenters. The van der Waals surface area contributed by atoms with E-state index in [1.54, 1.807) is 6.07 Å². The summed E-state index contributed by atoms with van der Waals surface area (Å²) in [5.41, 5.74) is 0.138. The van der Waals surface area contributed by atoms with Gasteiger partial charge in [0.15, 0.2) is 0 Å². The Morgan fingerprint density at radius 2 is 2.09 bits per heavy atom. The number of rotatable bonds is 4. The topological polar surface area (TPSA) is 112 Å². The predicted octanol–water partition coefficient (Wildman–Crippen LogP) is 1.73. The molecule has 0 saturated heterocycles. The molecule has 1 aromatic heterocycles. The smallest absolute Gasteiger partial charge is 0.261 e. The fraction of sp³-hybridized carbons (Fsp3) is 0.250. The summed E-state index contributed by atoms with van der Waals surface area (Å²) in [7, 11) is -4.04. The molecule has 0 spiro atoms. The van der Waals surface area contributed by atoms with E-state index in [2.05, 4.69) is 14.8 Å². The Balaban J connectivity index is 2.23. The third-order valence-corrected chi connectivity index (χ3v) is 4.31. The van der Waals surface area contributed by atoms with Crippen molar-refractivity contribution in [2.24, 2.45) is 0 Å². The molecule has 2 aromatic rings. The van der Waals surface area contributed by atoms with Crippen molar-refractivity contribution in [2.75, 3.05) is 0 Å². The van der Waals surface area contributed by atoms with Crippen molar-refractivity contribution < 1.29 is 21.6 Å². The zero-order valence-electron chi connectivity index (χ0n) is 11.6. The molecule has 1 aromatic carbocycles. The van der Waals surface area contributed by atoms with Gasteiger partial charge < -0.3 is 0 Å². The van der Waals surface area contributed by atoms with Gasteiger partial charge in [0, 0.05) is 0 Å². The molecule has 1 heterocycles. The summed E-state index contributed by atoms with van der Waals surface area (Å²) < 4.78 is 63.8. The van der Waals surface area contributed by atoms with Crippen molar-refractivity contribution in [1.82, 2.24) is 19.9 Å². The number of nitrogens with zero attached hydrogens (tertiary/aromatic N) is 3. The summed E-state index contributed by atoms with van der Waals surface area (Å²) in [4.78, 5) is 3.04. The Kier molecular flexibility index (Phi) is 4.39.